The van der Waals surface area contributed by atoms with Crippen LogP contribution in [0.1, 0.15) is 36.3 Å². The normalized spacial score (nSPS) is 18.9. The van der Waals surface area contributed by atoms with Gasteiger partial charge in [-0.25, -0.2) is 9.78 Å². The summed E-state index contributed by atoms with van der Waals surface area (Å²) in [7, 11) is 2.08. The van der Waals surface area contributed by atoms with Crippen LogP contribution in [0.4, 0.5) is 0 Å². The number of hydrogen-bond donors (Lipinski definition) is 1. The van der Waals surface area contributed by atoms with E-state index in [1.165, 1.54) is 5.56 Å². The molecule has 1 atom stereocenters. The first-order chi connectivity index (χ1) is 20.6. The van der Waals surface area contributed by atoms with Crippen molar-refractivity contribution in [1.29, 1.82) is 0 Å². The number of benzene rings is 3. The van der Waals surface area contributed by atoms with Crippen molar-refractivity contribution in [2.24, 2.45) is 0 Å². The summed E-state index contributed by atoms with van der Waals surface area (Å²) in [5.74, 6) is 0.688. The number of likely N-dealkylation sites (N-methyl/N-ethyl adjacent to an activating group) is 1. The standard InChI is InChI=1S/C33H35N7O2/c1-38-19-20-42-22-29(38)32-35-30(31(36-37-32)24-7-3-2-4-8-24)25-13-11-23(12-14-25)21-39-17-15-26(16-18-39)40-28-10-6-5-9-27(28)34-33(40)41/h2-14,26,29H,15-22H2,1H3,(H,34,41). The first-order valence-electron chi connectivity index (χ1n) is 14.7. The minimum Gasteiger partial charge on any atom is -0.378 e. The van der Waals surface area contributed by atoms with E-state index >= 15 is 0 Å². The van der Waals surface area contributed by atoms with Crippen molar-refractivity contribution in [3.8, 4) is 22.5 Å². The van der Waals surface area contributed by atoms with Gasteiger partial charge in [-0.3, -0.25) is 14.4 Å². The van der Waals surface area contributed by atoms with Gasteiger partial charge in [-0.05, 0) is 37.6 Å². The molecule has 7 rings (SSSR count). The summed E-state index contributed by atoms with van der Waals surface area (Å²) in [6.45, 7) is 4.90. The fourth-order valence-corrected chi connectivity index (χ4v) is 6.23. The molecule has 214 valence electrons. The van der Waals surface area contributed by atoms with Crippen LogP contribution in [0.25, 0.3) is 33.5 Å². The average molecular weight is 562 g/mol. The molecule has 3 aromatic carbocycles. The van der Waals surface area contributed by atoms with E-state index in [9.17, 15) is 4.79 Å². The second-order valence-corrected chi connectivity index (χ2v) is 11.3. The largest absolute Gasteiger partial charge is 0.378 e. The van der Waals surface area contributed by atoms with E-state index in [-0.39, 0.29) is 17.8 Å². The van der Waals surface area contributed by atoms with Gasteiger partial charge in [0.25, 0.3) is 0 Å². The Balaban J connectivity index is 1.09. The van der Waals surface area contributed by atoms with Gasteiger partial charge < -0.3 is 9.72 Å². The van der Waals surface area contributed by atoms with Gasteiger partial charge in [-0.2, -0.15) is 0 Å². The number of ether oxygens (including phenoxy) is 1. The number of nitrogens with zero attached hydrogens (tertiary/aromatic N) is 6. The fourth-order valence-electron chi connectivity index (χ4n) is 6.23. The topological polar surface area (TPSA) is 92.2 Å². The van der Waals surface area contributed by atoms with Gasteiger partial charge in [0.05, 0.1) is 30.3 Å². The Bertz CT molecular complexity index is 1720. The fraction of sp³-hybridized carbons (Fsp3) is 0.333. The molecule has 9 heteroatoms. The number of para-hydroxylation sites is 2. The number of H-pyrrole nitrogens is 1. The predicted octanol–water partition coefficient (Wildman–Crippen LogP) is 4.69. The van der Waals surface area contributed by atoms with Crippen LogP contribution in [0.5, 0.6) is 0 Å². The van der Waals surface area contributed by atoms with E-state index in [4.69, 9.17) is 9.72 Å². The summed E-state index contributed by atoms with van der Waals surface area (Å²) >= 11 is 0. The van der Waals surface area contributed by atoms with Gasteiger partial charge in [0.1, 0.15) is 11.4 Å². The summed E-state index contributed by atoms with van der Waals surface area (Å²) in [4.78, 5) is 25.4. The highest BCUT2D eigenvalue weighted by atomic mass is 16.5. The molecule has 0 radical (unpaired) electrons. The number of hydrogen-bond acceptors (Lipinski definition) is 7. The van der Waals surface area contributed by atoms with Gasteiger partial charge in [-0.15, -0.1) is 10.2 Å². The molecule has 42 heavy (non-hydrogen) atoms. The molecule has 2 fully saturated rings. The third kappa shape index (κ3) is 5.27. The SMILES string of the molecule is CN1CCOCC1c1nnc(-c2ccccc2)c(-c2ccc(CN3CCC(n4c(=O)[nH]c5ccccc54)CC3)cc2)n1. The number of piperidine rings is 1. The number of nitrogens with one attached hydrogen (secondary N) is 1. The molecule has 0 aliphatic carbocycles. The molecule has 2 saturated heterocycles. The van der Waals surface area contributed by atoms with E-state index in [1.54, 1.807) is 0 Å². The van der Waals surface area contributed by atoms with Gasteiger partial charge >= 0.3 is 5.69 Å². The number of rotatable bonds is 6. The van der Waals surface area contributed by atoms with Crippen LogP contribution in [0, 0.1) is 0 Å². The highest BCUT2D eigenvalue weighted by Crippen LogP contribution is 2.31. The molecular formula is C33H35N7O2. The maximum atomic E-state index is 12.7. The second kappa shape index (κ2) is 11.6. The Morgan fingerprint density at radius 2 is 1.60 bits per heavy atom. The van der Waals surface area contributed by atoms with Crippen molar-refractivity contribution in [3.05, 3.63) is 101 Å². The third-order valence-electron chi connectivity index (χ3n) is 8.62. The van der Waals surface area contributed by atoms with Crippen molar-refractivity contribution in [1.82, 2.24) is 34.5 Å². The lowest BCUT2D eigenvalue weighted by Gasteiger charge is -2.32. The molecule has 4 heterocycles. The maximum absolute atomic E-state index is 12.7. The molecule has 9 nitrogen and oxygen atoms in total. The molecule has 0 spiro atoms. The lowest BCUT2D eigenvalue weighted by atomic mass is 10.0. The van der Waals surface area contributed by atoms with E-state index < -0.39 is 0 Å². The minimum absolute atomic E-state index is 0.00913. The summed E-state index contributed by atoms with van der Waals surface area (Å²) in [6.07, 6.45) is 1.91. The zero-order chi connectivity index (χ0) is 28.5. The highest BCUT2D eigenvalue weighted by Gasteiger charge is 2.27. The number of aromatic amines is 1. The van der Waals surface area contributed by atoms with E-state index in [1.807, 2.05) is 59.2 Å². The molecule has 2 aliphatic rings. The van der Waals surface area contributed by atoms with Crippen molar-refractivity contribution >= 4 is 11.0 Å². The molecule has 0 amide bonds. The average Bonchev–Trinajstić information content (AvgIpc) is 3.38. The van der Waals surface area contributed by atoms with Crippen LogP contribution in [-0.4, -0.2) is 74.4 Å². The van der Waals surface area contributed by atoms with Crippen LogP contribution in [0.3, 0.4) is 0 Å². The smallest absolute Gasteiger partial charge is 0.326 e. The Hall–Kier alpha value is -4.18. The van der Waals surface area contributed by atoms with E-state index in [2.05, 4.69) is 56.3 Å². The van der Waals surface area contributed by atoms with Crippen LogP contribution < -0.4 is 5.69 Å². The van der Waals surface area contributed by atoms with Gasteiger partial charge in [0, 0.05) is 43.3 Å². The molecule has 1 unspecified atom stereocenters. The zero-order valence-electron chi connectivity index (χ0n) is 23.8. The molecule has 0 saturated carbocycles. The Labute approximate surface area is 244 Å². The number of likely N-dealkylation sites (tertiary alicyclic amines) is 1. The maximum Gasteiger partial charge on any atom is 0.326 e. The minimum atomic E-state index is -0.0165. The van der Waals surface area contributed by atoms with Crippen LogP contribution in [0.15, 0.2) is 83.7 Å². The van der Waals surface area contributed by atoms with E-state index in [0.717, 1.165) is 79.2 Å². The van der Waals surface area contributed by atoms with Crippen LogP contribution in [-0.2, 0) is 11.3 Å². The highest BCUT2D eigenvalue weighted by molar-refractivity contribution is 5.77. The van der Waals surface area contributed by atoms with Crippen molar-refractivity contribution in [2.45, 2.75) is 31.5 Å². The van der Waals surface area contributed by atoms with E-state index in [0.29, 0.717) is 12.4 Å². The molecule has 2 aliphatic heterocycles. The molecule has 5 aromatic rings. The van der Waals surface area contributed by atoms with Crippen molar-refractivity contribution < 1.29 is 4.74 Å². The van der Waals surface area contributed by atoms with Gasteiger partial charge in [0.15, 0.2) is 5.82 Å². The number of aromatic nitrogens is 5. The molecule has 0 bridgehead atoms. The van der Waals surface area contributed by atoms with Crippen molar-refractivity contribution in [3.63, 3.8) is 0 Å². The Kier molecular flexibility index (Phi) is 7.37. The predicted molar refractivity (Wildman–Crippen MR) is 163 cm³/mol. The quantitative estimate of drug-likeness (QED) is 0.322. The molecule has 1 N–H and O–H groups in total. The van der Waals surface area contributed by atoms with Gasteiger partial charge in [-0.1, -0.05) is 66.7 Å². The van der Waals surface area contributed by atoms with Crippen LogP contribution in [0.2, 0.25) is 0 Å². The molecule has 2 aromatic heterocycles. The summed E-state index contributed by atoms with van der Waals surface area (Å²) < 4.78 is 7.69. The third-order valence-corrected chi connectivity index (χ3v) is 8.62. The number of morpholine rings is 1. The first-order valence-corrected chi connectivity index (χ1v) is 14.7. The lowest BCUT2D eigenvalue weighted by Crippen LogP contribution is -2.37. The summed E-state index contributed by atoms with van der Waals surface area (Å²) in [5.41, 5.74) is 6.78. The Morgan fingerprint density at radius 3 is 2.38 bits per heavy atom. The summed E-state index contributed by atoms with van der Waals surface area (Å²) in [5, 5.41) is 9.22. The second-order valence-electron chi connectivity index (χ2n) is 11.3. The van der Waals surface area contributed by atoms with Crippen LogP contribution >= 0.6 is 0 Å². The number of imidazole rings is 1. The number of fused-ring (bicyclic) bond motifs is 1. The van der Waals surface area contributed by atoms with Gasteiger partial charge in [0.2, 0.25) is 0 Å². The lowest BCUT2D eigenvalue weighted by molar-refractivity contribution is 0.00152. The monoisotopic (exact) mass is 561 g/mol. The van der Waals surface area contributed by atoms with Crippen molar-refractivity contribution in [2.75, 3.05) is 39.9 Å². The zero-order valence-corrected chi connectivity index (χ0v) is 23.8. The summed E-state index contributed by atoms with van der Waals surface area (Å²) in [6, 6.07) is 27.0. The Morgan fingerprint density at radius 1 is 0.857 bits per heavy atom. The molecular weight excluding hydrogens is 526 g/mol. The first kappa shape index (κ1) is 26.7.